The Morgan fingerprint density at radius 3 is 1.79 bits per heavy atom. The van der Waals surface area contributed by atoms with Gasteiger partial charge in [-0.1, -0.05) is 0 Å². The molecular weight excluding hydrogens is 817 g/mol. The number of carboxylic acid groups (broad SMARTS) is 1. The van der Waals surface area contributed by atoms with E-state index in [0.29, 0.717) is 34.2 Å². The van der Waals surface area contributed by atoms with Crippen molar-refractivity contribution in [2.75, 3.05) is 44.1 Å². The maximum atomic E-state index is 12.7. The largest absolute Gasteiger partial charge is 0.522 e. The van der Waals surface area contributed by atoms with Crippen LogP contribution in [0.15, 0.2) is 58.4 Å². The van der Waals surface area contributed by atoms with Gasteiger partial charge in [0, 0.05) is 42.1 Å². The fourth-order valence-corrected chi connectivity index (χ4v) is 9.10. The van der Waals surface area contributed by atoms with Gasteiger partial charge < -0.3 is 29.2 Å². The molecule has 0 aliphatic carbocycles. The first-order valence-electron chi connectivity index (χ1n) is 20.2. The van der Waals surface area contributed by atoms with E-state index in [1.807, 2.05) is 18.5 Å². The second-order valence-corrected chi connectivity index (χ2v) is 16.7. The number of aromatic nitrogens is 2. The Morgan fingerprint density at radius 1 is 0.758 bits per heavy atom. The molecule has 4 aliphatic rings. The van der Waals surface area contributed by atoms with Crippen molar-refractivity contribution in [2.24, 2.45) is 0 Å². The number of methoxy groups -OCH3 is 2. The summed E-state index contributed by atoms with van der Waals surface area (Å²) in [4.78, 5) is 49.1. The number of halogens is 3. The van der Waals surface area contributed by atoms with Crippen molar-refractivity contribution in [1.82, 2.24) is 9.35 Å². The number of alkyl halides is 3. The third-order valence-electron chi connectivity index (χ3n) is 11.9. The van der Waals surface area contributed by atoms with Crippen LogP contribution in [0, 0.1) is 0 Å². The fourth-order valence-electron chi connectivity index (χ4n) is 9.10. The van der Waals surface area contributed by atoms with Gasteiger partial charge in [-0.15, -0.1) is 13.2 Å². The zero-order valence-corrected chi connectivity index (χ0v) is 35.4. The van der Waals surface area contributed by atoms with Gasteiger partial charge in [0.15, 0.2) is 33.9 Å². The van der Waals surface area contributed by atoms with E-state index < -0.39 is 35.8 Å². The number of aromatic hydroxyl groups is 1. The molecule has 332 valence electrons. The van der Waals surface area contributed by atoms with Crippen LogP contribution in [0.1, 0.15) is 111 Å². The molecule has 2 saturated heterocycles. The van der Waals surface area contributed by atoms with Crippen molar-refractivity contribution in [3.05, 3.63) is 91.5 Å². The Morgan fingerprint density at radius 2 is 1.27 bits per heavy atom. The molecule has 8 rings (SSSR count). The van der Waals surface area contributed by atoms with Gasteiger partial charge in [0.25, 0.3) is 0 Å². The number of phenolic OH excluding ortho intramolecular Hbond substituents is 1. The number of pyridine rings is 2. The summed E-state index contributed by atoms with van der Waals surface area (Å²) < 4.78 is 65.5. The highest BCUT2D eigenvalue weighted by Gasteiger charge is 2.47. The zero-order valence-electron chi connectivity index (χ0n) is 35.4. The van der Waals surface area contributed by atoms with Gasteiger partial charge in [-0.05, 0) is 95.7 Å². The molecule has 18 heteroatoms. The maximum Gasteiger partial charge on any atom is 0.522 e. The van der Waals surface area contributed by atoms with E-state index in [1.165, 1.54) is 32.5 Å². The number of carbonyl (C=O) groups excluding carboxylic acids is 1. The normalized spacial score (nSPS) is 18.5. The molecule has 2 aromatic carbocycles. The van der Waals surface area contributed by atoms with Crippen LogP contribution in [0.3, 0.4) is 0 Å². The summed E-state index contributed by atoms with van der Waals surface area (Å²) in [5, 5.41) is 24.0. The average Bonchev–Trinajstić information content (AvgIpc) is 3.71. The summed E-state index contributed by atoms with van der Waals surface area (Å²) >= 11 is 0. The van der Waals surface area contributed by atoms with Crippen LogP contribution in [0.4, 0.5) is 13.2 Å². The number of aromatic carboxylic acids is 1. The summed E-state index contributed by atoms with van der Waals surface area (Å²) in [6.07, 6.45) is 1.71. The summed E-state index contributed by atoms with van der Waals surface area (Å²) in [6.45, 7) is 9.73. The van der Waals surface area contributed by atoms with Crippen LogP contribution in [-0.4, -0.2) is 83.0 Å². The molecule has 2 aromatic heterocycles. The lowest BCUT2D eigenvalue weighted by atomic mass is 9.93. The molecule has 0 unspecified atom stereocenters. The van der Waals surface area contributed by atoms with Gasteiger partial charge in [0.2, 0.25) is 0 Å². The highest BCUT2D eigenvalue weighted by atomic mass is 19.4. The number of fused-ring (bicyclic) bond motifs is 12. The van der Waals surface area contributed by atoms with E-state index in [1.54, 1.807) is 42.1 Å². The van der Waals surface area contributed by atoms with E-state index >= 15 is 0 Å². The standard InChI is InChI=1S/C23H25F3N2O6.C21H24N2O5/c1-22(2)6-5-16-13-10-20(33-7-4-8-34-23(24,25)26)19(32-3)9-14(13)17-11-18(29)15(21(30)31)12-27(17)28(16)22;1-5-28-20(26)14-11-22-16(10-17(14)24)13-9-19(27-4)18(25)8-12(13)15-6-7-21(2,3)23(15)22/h9-12,16H,4-8H2,1-3H3,(H,30,31);8-11,15,25H,5-7H2,1-4H3/t16-;15-/m11/s1. The first-order valence-corrected chi connectivity index (χ1v) is 20.2. The Bertz CT molecular complexity index is 2550. The lowest BCUT2D eigenvalue weighted by Gasteiger charge is -2.44. The molecule has 0 bridgehead atoms. The molecule has 6 heterocycles. The van der Waals surface area contributed by atoms with E-state index in [2.05, 4.69) is 28.6 Å². The quantitative estimate of drug-likeness (QED) is 0.123. The third-order valence-corrected chi connectivity index (χ3v) is 11.9. The molecule has 62 heavy (non-hydrogen) atoms. The van der Waals surface area contributed by atoms with Crippen LogP contribution in [0.5, 0.6) is 23.0 Å². The Kier molecular flexibility index (Phi) is 11.5. The number of nitrogens with zero attached hydrogens (tertiary/aromatic N) is 4. The predicted molar refractivity (Wildman–Crippen MR) is 221 cm³/mol. The van der Waals surface area contributed by atoms with Gasteiger partial charge in [0.05, 0.1) is 68.6 Å². The SMILES string of the molecule is CCOC(=O)c1cn2c(cc1=O)-c1cc(OC)c(O)cc1[C@H]1CCC(C)(C)N12.COc1cc2c(cc1OCCCOC(F)(F)F)[C@H]1CCC(C)(C)N1n1cc(C(=O)O)c(=O)cc1-2. The minimum Gasteiger partial charge on any atom is -0.504 e. The molecule has 2 atom stereocenters. The summed E-state index contributed by atoms with van der Waals surface area (Å²) in [5.74, 6) is -0.776. The van der Waals surface area contributed by atoms with E-state index in [9.17, 15) is 42.6 Å². The van der Waals surface area contributed by atoms with Gasteiger partial charge in [0.1, 0.15) is 11.1 Å². The highest BCUT2D eigenvalue weighted by molar-refractivity contribution is 5.90. The number of esters is 1. The number of rotatable bonds is 10. The smallest absolute Gasteiger partial charge is 0.504 e. The molecule has 2 N–H and O–H groups in total. The van der Waals surface area contributed by atoms with Crippen LogP contribution in [0.25, 0.3) is 22.5 Å². The predicted octanol–water partition coefficient (Wildman–Crippen LogP) is 7.06. The van der Waals surface area contributed by atoms with E-state index in [4.69, 9.17) is 18.9 Å². The van der Waals surface area contributed by atoms with Gasteiger partial charge in [-0.2, -0.15) is 0 Å². The topological polar surface area (TPSA) is 171 Å². The average molecular weight is 867 g/mol. The minimum atomic E-state index is -4.69. The molecule has 0 spiro atoms. The number of hydrogen-bond acceptors (Lipinski definition) is 12. The second-order valence-electron chi connectivity index (χ2n) is 16.7. The lowest BCUT2D eigenvalue weighted by molar-refractivity contribution is -0.324. The number of carboxylic acids is 1. The fraction of sp³-hybridized carbons (Fsp3) is 0.455. The van der Waals surface area contributed by atoms with Crippen molar-refractivity contribution in [3.63, 3.8) is 0 Å². The number of carbonyl (C=O) groups is 2. The molecule has 4 aromatic rings. The summed E-state index contributed by atoms with van der Waals surface area (Å²) in [6, 6.07) is 9.65. The first-order chi connectivity index (χ1) is 29.2. The van der Waals surface area contributed by atoms with Crippen molar-refractivity contribution < 1.29 is 56.7 Å². The molecule has 15 nitrogen and oxygen atoms in total. The first kappa shape index (κ1) is 43.9. The maximum absolute atomic E-state index is 12.7. The summed E-state index contributed by atoms with van der Waals surface area (Å²) in [5.41, 5.74) is 2.73. The Hall–Kier alpha value is -6.17. The van der Waals surface area contributed by atoms with E-state index in [-0.39, 0.29) is 59.7 Å². The second kappa shape index (κ2) is 16.3. The van der Waals surface area contributed by atoms with Crippen LogP contribution in [-0.2, 0) is 9.47 Å². The summed E-state index contributed by atoms with van der Waals surface area (Å²) in [7, 11) is 2.93. The highest BCUT2D eigenvalue weighted by Crippen LogP contribution is 2.52. The van der Waals surface area contributed by atoms with Crippen LogP contribution < -0.4 is 35.1 Å². The van der Waals surface area contributed by atoms with E-state index in [0.717, 1.165) is 42.4 Å². The molecule has 0 saturated carbocycles. The molecule has 0 radical (unpaired) electrons. The molecule has 0 amide bonds. The van der Waals surface area contributed by atoms with Crippen molar-refractivity contribution in [2.45, 2.75) is 96.2 Å². The van der Waals surface area contributed by atoms with Gasteiger partial charge >= 0.3 is 18.3 Å². The third kappa shape index (κ3) is 7.91. The van der Waals surface area contributed by atoms with Crippen LogP contribution >= 0.6 is 0 Å². The number of ether oxygens (including phenoxy) is 5. The van der Waals surface area contributed by atoms with Crippen LogP contribution in [0.2, 0.25) is 0 Å². The Labute approximate surface area is 354 Å². The lowest BCUT2D eigenvalue weighted by Crippen LogP contribution is -2.50. The number of phenols is 1. The van der Waals surface area contributed by atoms with Gasteiger partial charge in [-0.25, -0.2) is 9.59 Å². The minimum absolute atomic E-state index is 0.0108. The zero-order chi connectivity index (χ0) is 45.1. The van der Waals surface area contributed by atoms with Crippen molar-refractivity contribution >= 4 is 11.9 Å². The molecule has 4 aliphatic heterocycles. The Balaban J connectivity index is 0.000000190. The number of benzene rings is 2. The van der Waals surface area contributed by atoms with Gasteiger partial charge in [-0.3, -0.25) is 33.7 Å². The molecule has 2 fully saturated rings. The van der Waals surface area contributed by atoms with Crippen molar-refractivity contribution in [1.29, 1.82) is 0 Å². The molecular formula is C44H49F3N4O11. The number of hydrogen-bond donors (Lipinski definition) is 2. The van der Waals surface area contributed by atoms with Crippen molar-refractivity contribution in [3.8, 4) is 45.5 Å². The monoisotopic (exact) mass is 866 g/mol.